The van der Waals surface area contributed by atoms with Gasteiger partial charge in [0, 0.05) is 6.92 Å². The fourth-order valence-corrected chi connectivity index (χ4v) is 0. The first-order valence-electron chi connectivity index (χ1n) is 0.724. The molecule has 6 heavy (non-hydrogen) atoms. The molecule has 0 atom stereocenters. The molecule has 0 bridgehead atoms. The van der Waals surface area contributed by atoms with E-state index in [0.717, 1.165) is 0 Å². The first-order valence-corrected chi connectivity index (χ1v) is 0.724. The van der Waals surface area contributed by atoms with Crippen LogP contribution in [0.1, 0.15) is 6.92 Å². The SMILES string of the molecule is CC#N.[Cl-].[Cl-].[Zn+2]. The maximum atomic E-state index is 7.32. The van der Waals surface area contributed by atoms with Gasteiger partial charge in [-0.2, -0.15) is 5.26 Å². The van der Waals surface area contributed by atoms with Crippen molar-refractivity contribution in [3.63, 3.8) is 0 Å². The van der Waals surface area contributed by atoms with E-state index >= 15 is 0 Å². The molecule has 0 rings (SSSR count). The minimum atomic E-state index is 0. The van der Waals surface area contributed by atoms with Gasteiger partial charge in [0.05, 0.1) is 6.07 Å². The van der Waals surface area contributed by atoms with Crippen molar-refractivity contribution in [1.29, 1.82) is 5.26 Å². The summed E-state index contributed by atoms with van der Waals surface area (Å²) >= 11 is 0. The van der Waals surface area contributed by atoms with E-state index in [0.29, 0.717) is 0 Å². The van der Waals surface area contributed by atoms with Crippen LogP contribution < -0.4 is 24.8 Å². The van der Waals surface area contributed by atoms with Crippen molar-refractivity contribution in [3.05, 3.63) is 0 Å². The molecule has 0 amide bonds. The molecule has 0 aliphatic rings. The molecular weight excluding hydrogens is 174 g/mol. The third-order valence-corrected chi connectivity index (χ3v) is 0. The quantitative estimate of drug-likeness (QED) is 0.339. The maximum Gasteiger partial charge on any atom is 2.00 e. The first-order chi connectivity index (χ1) is 1.41. The molecule has 0 heterocycles. The van der Waals surface area contributed by atoms with Crippen molar-refractivity contribution in [1.82, 2.24) is 0 Å². The molecule has 0 aliphatic carbocycles. The second kappa shape index (κ2) is 43.7. The van der Waals surface area contributed by atoms with Crippen LogP contribution in [0, 0.1) is 11.3 Å². The summed E-state index contributed by atoms with van der Waals surface area (Å²) in [5, 5.41) is 7.32. The Morgan fingerprint density at radius 3 is 1.33 bits per heavy atom. The standard InChI is InChI=1S/C2H3N.2ClH.Zn/c1-2-3;;;/h1H3;2*1H;/q;;;+2/p-2. The van der Waals surface area contributed by atoms with E-state index in [1.807, 2.05) is 0 Å². The minimum Gasteiger partial charge on any atom is -1.00 e. The molecule has 0 fully saturated rings. The molecule has 0 aromatic rings. The van der Waals surface area contributed by atoms with Crippen molar-refractivity contribution >= 4 is 0 Å². The number of nitrogens with zero attached hydrogens (tertiary/aromatic N) is 1. The predicted molar refractivity (Wildman–Crippen MR) is 11.3 cm³/mol. The average molecular weight is 177 g/mol. The van der Waals surface area contributed by atoms with E-state index in [1.165, 1.54) is 6.92 Å². The Bertz CT molecular complexity index is 33.0. The summed E-state index contributed by atoms with van der Waals surface area (Å²) in [6, 6.07) is 1.75. The van der Waals surface area contributed by atoms with Crippen LogP contribution in [-0.2, 0) is 19.5 Å². The predicted octanol–water partition coefficient (Wildman–Crippen LogP) is -5.46. The van der Waals surface area contributed by atoms with Crippen molar-refractivity contribution in [2.45, 2.75) is 6.92 Å². The average Bonchev–Trinajstić information content (AvgIpc) is 0.918. The molecule has 0 saturated heterocycles. The molecule has 0 aromatic carbocycles. The third-order valence-electron chi connectivity index (χ3n) is 0. The Morgan fingerprint density at radius 1 is 1.33 bits per heavy atom. The second-order valence-electron chi connectivity index (χ2n) is 0.224. The van der Waals surface area contributed by atoms with Crippen LogP contribution >= 0.6 is 0 Å². The Hall–Kier alpha value is 0.693. The second-order valence-corrected chi connectivity index (χ2v) is 0.224. The van der Waals surface area contributed by atoms with Gasteiger partial charge in [0.2, 0.25) is 0 Å². The topological polar surface area (TPSA) is 23.8 Å². The molecule has 0 radical (unpaired) electrons. The van der Waals surface area contributed by atoms with E-state index in [4.69, 9.17) is 5.26 Å². The van der Waals surface area contributed by atoms with Gasteiger partial charge in [0.15, 0.2) is 0 Å². The van der Waals surface area contributed by atoms with Crippen LogP contribution in [-0.4, -0.2) is 0 Å². The zero-order chi connectivity index (χ0) is 2.71. The van der Waals surface area contributed by atoms with Gasteiger partial charge in [0.25, 0.3) is 0 Å². The van der Waals surface area contributed by atoms with E-state index in [9.17, 15) is 0 Å². The van der Waals surface area contributed by atoms with Gasteiger partial charge in [-0.25, -0.2) is 0 Å². The molecule has 4 heteroatoms. The maximum absolute atomic E-state index is 7.32. The van der Waals surface area contributed by atoms with Crippen LogP contribution in [0.3, 0.4) is 0 Å². The number of nitriles is 1. The van der Waals surface area contributed by atoms with Gasteiger partial charge >= 0.3 is 19.5 Å². The molecule has 0 aliphatic heterocycles. The molecule has 32 valence electrons. The summed E-state index contributed by atoms with van der Waals surface area (Å²) in [6.45, 7) is 1.43. The number of hydrogen-bond donors (Lipinski definition) is 0. The molecule has 1 nitrogen and oxygen atoms in total. The first kappa shape index (κ1) is 29.9. The van der Waals surface area contributed by atoms with Crippen LogP contribution in [0.4, 0.5) is 0 Å². The summed E-state index contributed by atoms with van der Waals surface area (Å²) in [5.41, 5.74) is 0. The molecule has 0 N–H and O–H groups in total. The fourth-order valence-electron chi connectivity index (χ4n) is 0. The van der Waals surface area contributed by atoms with Crippen LogP contribution in [0.15, 0.2) is 0 Å². The largest absolute Gasteiger partial charge is 2.00 e. The molecule has 0 unspecified atom stereocenters. The minimum absolute atomic E-state index is 0. The van der Waals surface area contributed by atoms with Crippen LogP contribution in [0.5, 0.6) is 0 Å². The Labute approximate surface area is 62.7 Å². The van der Waals surface area contributed by atoms with Gasteiger partial charge in [-0.05, 0) is 0 Å². The number of rotatable bonds is 0. The summed E-state index contributed by atoms with van der Waals surface area (Å²) in [6.07, 6.45) is 0. The summed E-state index contributed by atoms with van der Waals surface area (Å²) in [7, 11) is 0. The Morgan fingerprint density at radius 2 is 1.33 bits per heavy atom. The van der Waals surface area contributed by atoms with E-state index in [2.05, 4.69) is 0 Å². The van der Waals surface area contributed by atoms with Crippen molar-refractivity contribution in [2.75, 3.05) is 0 Å². The van der Waals surface area contributed by atoms with Gasteiger partial charge in [-0.15, -0.1) is 0 Å². The van der Waals surface area contributed by atoms with Gasteiger partial charge in [-0.3, -0.25) is 0 Å². The van der Waals surface area contributed by atoms with Crippen molar-refractivity contribution in [3.8, 4) is 6.07 Å². The van der Waals surface area contributed by atoms with Gasteiger partial charge in [0.1, 0.15) is 0 Å². The van der Waals surface area contributed by atoms with Crippen molar-refractivity contribution in [2.24, 2.45) is 0 Å². The van der Waals surface area contributed by atoms with E-state index in [1.54, 1.807) is 6.07 Å². The molecule has 0 spiro atoms. The van der Waals surface area contributed by atoms with Gasteiger partial charge < -0.3 is 24.8 Å². The summed E-state index contributed by atoms with van der Waals surface area (Å²) in [5.74, 6) is 0. The summed E-state index contributed by atoms with van der Waals surface area (Å²) < 4.78 is 0. The molecular formula is C2H3Cl2NZn. The van der Waals surface area contributed by atoms with Crippen LogP contribution in [0.2, 0.25) is 0 Å². The molecule has 0 aromatic heterocycles. The fraction of sp³-hybridized carbons (Fsp3) is 0.500. The van der Waals surface area contributed by atoms with E-state index in [-0.39, 0.29) is 44.3 Å². The third kappa shape index (κ3) is 133. The summed E-state index contributed by atoms with van der Waals surface area (Å²) in [4.78, 5) is 0. The Kier molecular flexibility index (Phi) is 218. The van der Waals surface area contributed by atoms with Gasteiger partial charge in [-0.1, -0.05) is 0 Å². The zero-order valence-corrected chi connectivity index (χ0v) is 7.89. The number of hydrogen-bond acceptors (Lipinski definition) is 1. The smallest absolute Gasteiger partial charge is 1.00 e. The Balaban J connectivity index is -0.00000000667. The monoisotopic (exact) mass is 175 g/mol. The molecule has 0 saturated carbocycles. The van der Waals surface area contributed by atoms with E-state index < -0.39 is 0 Å². The zero-order valence-electron chi connectivity index (χ0n) is 3.41. The normalized spacial score (nSPS) is 1.33. The number of halogens is 2. The van der Waals surface area contributed by atoms with Crippen LogP contribution in [0.25, 0.3) is 0 Å². The van der Waals surface area contributed by atoms with Crippen molar-refractivity contribution < 1.29 is 44.3 Å².